The highest BCUT2D eigenvalue weighted by Crippen LogP contribution is 2.59. The quantitative estimate of drug-likeness (QED) is 0.747. The Bertz CT molecular complexity index is 236. The lowest BCUT2D eigenvalue weighted by atomic mass is 9.64. The molecule has 2 aliphatic carbocycles. The zero-order valence-electron chi connectivity index (χ0n) is 11.6. The van der Waals surface area contributed by atoms with E-state index in [2.05, 4.69) is 33.0 Å². The molecule has 0 spiro atoms. The molecule has 0 radical (unpaired) electrons. The lowest BCUT2D eigenvalue weighted by molar-refractivity contribution is 0.0776. The Morgan fingerprint density at radius 1 is 1.25 bits per heavy atom. The summed E-state index contributed by atoms with van der Waals surface area (Å²) in [4.78, 5) is 0. The summed E-state index contributed by atoms with van der Waals surface area (Å²) in [5.41, 5.74) is 0.641. The summed E-state index contributed by atoms with van der Waals surface area (Å²) in [6.07, 6.45) is 7.42. The molecule has 0 heterocycles. The van der Waals surface area contributed by atoms with Gasteiger partial charge in [0.05, 0.1) is 0 Å². The molecule has 4 unspecified atom stereocenters. The van der Waals surface area contributed by atoms with Gasteiger partial charge in [0.25, 0.3) is 0 Å². The standard InChI is InChI=1S/C15H29N/c1-5-12(4)15(10-16-11(2)3)9-13-6-7-14(15)8-13/h11-14,16H,5-10H2,1-4H3. The van der Waals surface area contributed by atoms with Gasteiger partial charge in [0.1, 0.15) is 0 Å². The summed E-state index contributed by atoms with van der Waals surface area (Å²) < 4.78 is 0. The Morgan fingerprint density at radius 3 is 2.44 bits per heavy atom. The van der Waals surface area contributed by atoms with Crippen LogP contribution in [0.3, 0.4) is 0 Å². The average Bonchev–Trinajstić information content (AvgIpc) is 2.85. The maximum Gasteiger partial charge on any atom is 0.00155 e. The van der Waals surface area contributed by atoms with Crippen LogP contribution < -0.4 is 5.32 Å². The summed E-state index contributed by atoms with van der Waals surface area (Å²) in [6.45, 7) is 10.7. The molecule has 2 aliphatic rings. The minimum absolute atomic E-state index is 0.639. The number of hydrogen-bond acceptors (Lipinski definition) is 1. The molecule has 2 bridgehead atoms. The van der Waals surface area contributed by atoms with Crippen molar-refractivity contribution in [2.45, 2.75) is 65.8 Å². The first kappa shape index (κ1) is 12.4. The van der Waals surface area contributed by atoms with Crippen LogP contribution >= 0.6 is 0 Å². The molecule has 2 rings (SSSR count). The largest absolute Gasteiger partial charge is 0.314 e. The van der Waals surface area contributed by atoms with E-state index in [-0.39, 0.29) is 0 Å². The van der Waals surface area contributed by atoms with Gasteiger partial charge in [-0.2, -0.15) is 0 Å². The molecule has 4 atom stereocenters. The van der Waals surface area contributed by atoms with E-state index in [1.807, 2.05) is 0 Å². The zero-order valence-corrected chi connectivity index (χ0v) is 11.6. The monoisotopic (exact) mass is 223 g/mol. The molecule has 1 N–H and O–H groups in total. The Hall–Kier alpha value is -0.0400. The Labute approximate surface area is 101 Å². The smallest absolute Gasteiger partial charge is 0.00155 e. The van der Waals surface area contributed by atoms with Gasteiger partial charge in [-0.05, 0) is 42.4 Å². The Balaban J connectivity index is 2.07. The number of fused-ring (bicyclic) bond motifs is 2. The lowest BCUT2D eigenvalue weighted by Crippen LogP contribution is -2.45. The number of hydrogen-bond donors (Lipinski definition) is 1. The highest BCUT2D eigenvalue weighted by Gasteiger charge is 2.52. The van der Waals surface area contributed by atoms with E-state index in [0.29, 0.717) is 11.5 Å². The summed E-state index contributed by atoms with van der Waals surface area (Å²) >= 11 is 0. The van der Waals surface area contributed by atoms with Crippen LogP contribution in [0.4, 0.5) is 0 Å². The highest BCUT2D eigenvalue weighted by molar-refractivity contribution is 5.03. The molecule has 2 saturated carbocycles. The van der Waals surface area contributed by atoms with Crippen molar-refractivity contribution in [3.8, 4) is 0 Å². The van der Waals surface area contributed by atoms with Crippen LogP contribution in [-0.4, -0.2) is 12.6 Å². The van der Waals surface area contributed by atoms with Gasteiger partial charge >= 0.3 is 0 Å². The van der Waals surface area contributed by atoms with Crippen molar-refractivity contribution >= 4 is 0 Å². The third kappa shape index (κ3) is 2.03. The maximum absolute atomic E-state index is 3.73. The second-order valence-corrected chi connectivity index (χ2v) is 6.66. The van der Waals surface area contributed by atoms with Gasteiger partial charge < -0.3 is 5.32 Å². The average molecular weight is 223 g/mol. The molecule has 2 fully saturated rings. The van der Waals surface area contributed by atoms with Crippen LogP contribution in [0.5, 0.6) is 0 Å². The topological polar surface area (TPSA) is 12.0 Å². The van der Waals surface area contributed by atoms with Gasteiger partial charge in [-0.1, -0.05) is 40.5 Å². The summed E-state index contributed by atoms with van der Waals surface area (Å²) in [5, 5.41) is 3.73. The molecular weight excluding hydrogens is 194 g/mol. The Kier molecular flexibility index (Phi) is 3.63. The van der Waals surface area contributed by atoms with Crippen molar-refractivity contribution in [3.63, 3.8) is 0 Å². The zero-order chi connectivity index (χ0) is 11.8. The van der Waals surface area contributed by atoms with Gasteiger partial charge in [0, 0.05) is 12.6 Å². The molecule has 1 nitrogen and oxygen atoms in total. The fraction of sp³-hybridized carbons (Fsp3) is 1.00. The fourth-order valence-electron chi connectivity index (χ4n) is 4.28. The van der Waals surface area contributed by atoms with Crippen molar-refractivity contribution in [2.24, 2.45) is 23.2 Å². The summed E-state index contributed by atoms with van der Waals surface area (Å²) in [5.74, 6) is 2.99. The van der Waals surface area contributed by atoms with Gasteiger partial charge in [-0.15, -0.1) is 0 Å². The molecule has 0 amide bonds. The van der Waals surface area contributed by atoms with Crippen LogP contribution in [0, 0.1) is 23.2 Å². The first-order valence-electron chi connectivity index (χ1n) is 7.32. The van der Waals surface area contributed by atoms with Gasteiger partial charge in [-0.25, -0.2) is 0 Å². The van der Waals surface area contributed by atoms with E-state index >= 15 is 0 Å². The Morgan fingerprint density at radius 2 is 2.00 bits per heavy atom. The summed E-state index contributed by atoms with van der Waals surface area (Å²) in [6, 6.07) is 0.639. The molecular formula is C15H29N. The fourth-order valence-corrected chi connectivity index (χ4v) is 4.28. The van der Waals surface area contributed by atoms with E-state index in [1.165, 1.54) is 38.6 Å². The first-order valence-corrected chi connectivity index (χ1v) is 7.32. The second-order valence-electron chi connectivity index (χ2n) is 6.66. The lowest BCUT2D eigenvalue weighted by Gasteiger charge is -2.43. The van der Waals surface area contributed by atoms with Crippen molar-refractivity contribution in [1.29, 1.82) is 0 Å². The highest BCUT2D eigenvalue weighted by atomic mass is 14.9. The second kappa shape index (κ2) is 4.68. The molecule has 94 valence electrons. The van der Waals surface area contributed by atoms with E-state index in [9.17, 15) is 0 Å². The van der Waals surface area contributed by atoms with Gasteiger partial charge in [0.2, 0.25) is 0 Å². The van der Waals surface area contributed by atoms with Crippen LogP contribution in [0.1, 0.15) is 59.8 Å². The molecule has 1 heteroatoms. The molecule has 0 aromatic rings. The number of rotatable bonds is 5. The third-order valence-corrected chi connectivity index (χ3v) is 5.46. The summed E-state index contributed by atoms with van der Waals surface area (Å²) in [7, 11) is 0. The molecule has 0 saturated heterocycles. The van der Waals surface area contributed by atoms with E-state index in [4.69, 9.17) is 0 Å². The van der Waals surface area contributed by atoms with Crippen molar-refractivity contribution in [2.75, 3.05) is 6.54 Å². The molecule has 0 aromatic heterocycles. The minimum Gasteiger partial charge on any atom is -0.314 e. The van der Waals surface area contributed by atoms with Crippen LogP contribution in [-0.2, 0) is 0 Å². The predicted molar refractivity (Wildman–Crippen MR) is 70.5 cm³/mol. The van der Waals surface area contributed by atoms with Crippen molar-refractivity contribution < 1.29 is 0 Å². The minimum atomic E-state index is 0.639. The van der Waals surface area contributed by atoms with E-state index < -0.39 is 0 Å². The SMILES string of the molecule is CCC(C)C1(CNC(C)C)CC2CCC1C2. The first-order chi connectivity index (χ1) is 7.58. The van der Waals surface area contributed by atoms with Crippen molar-refractivity contribution in [1.82, 2.24) is 5.32 Å². The van der Waals surface area contributed by atoms with Gasteiger partial charge in [0.15, 0.2) is 0 Å². The maximum atomic E-state index is 3.73. The van der Waals surface area contributed by atoms with Crippen molar-refractivity contribution in [3.05, 3.63) is 0 Å². The van der Waals surface area contributed by atoms with Crippen LogP contribution in [0.25, 0.3) is 0 Å². The normalized spacial score (nSPS) is 39.6. The van der Waals surface area contributed by atoms with E-state index in [1.54, 1.807) is 0 Å². The molecule has 0 aromatic carbocycles. The molecule has 0 aliphatic heterocycles. The van der Waals surface area contributed by atoms with Crippen LogP contribution in [0.15, 0.2) is 0 Å². The van der Waals surface area contributed by atoms with Crippen LogP contribution in [0.2, 0.25) is 0 Å². The number of nitrogens with one attached hydrogen (secondary N) is 1. The predicted octanol–water partition coefficient (Wildman–Crippen LogP) is 3.84. The third-order valence-electron chi connectivity index (χ3n) is 5.46. The van der Waals surface area contributed by atoms with E-state index in [0.717, 1.165) is 17.8 Å². The van der Waals surface area contributed by atoms with Gasteiger partial charge in [-0.3, -0.25) is 0 Å². The molecule has 16 heavy (non-hydrogen) atoms.